The van der Waals surface area contributed by atoms with Gasteiger partial charge in [-0.15, -0.1) is 0 Å². The molecular weight excluding hydrogens is 520 g/mol. The summed E-state index contributed by atoms with van der Waals surface area (Å²) in [5.74, 6) is -1.29. The van der Waals surface area contributed by atoms with Crippen LogP contribution in [0, 0.1) is 40.9 Å². The number of epoxide rings is 1. The van der Waals surface area contributed by atoms with Crippen LogP contribution in [-0.2, 0) is 33.4 Å². The molecule has 1 saturated heterocycles. The molecule has 1 heterocycles. The number of ether oxygens (including phenoxy) is 2. The first-order valence-corrected chi connectivity index (χ1v) is 15.5. The van der Waals surface area contributed by atoms with Gasteiger partial charge in [0.15, 0.2) is 6.61 Å². The van der Waals surface area contributed by atoms with Crippen LogP contribution in [0.15, 0.2) is 29.2 Å². The quantitative estimate of drug-likeness (QED) is 0.279. The van der Waals surface area contributed by atoms with Gasteiger partial charge in [-0.1, -0.05) is 65.7 Å². The standard InChI is InChI=1S/C30H44O8S/c1-8-19(3)30(7)23(38-25(32)17-37-39(34,35)21-11-9-18(2)10-12-21)15-29(6,24-16-36-24)27(33)20(4)28(5)14-13-22(31)26(28)30/h9-12,19-20,23-24,26-27,33H,8,13-17H2,1-7H3/t19-,20+,23-,24-,26?,27+,28+,29-,30+/m1/s1. The molecule has 9 atom stereocenters. The lowest BCUT2D eigenvalue weighted by atomic mass is 9.48. The number of ketones is 1. The Morgan fingerprint density at radius 2 is 1.79 bits per heavy atom. The molecule has 0 bridgehead atoms. The molecule has 1 aromatic rings. The summed E-state index contributed by atoms with van der Waals surface area (Å²) >= 11 is 0. The minimum absolute atomic E-state index is 0.00528. The number of Topliss-reactive ketones (excluding diaryl/α,β-unsaturated/α-hetero) is 1. The molecule has 1 N–H and O–H groups in total. The molecule has 0 aromatic heterocycles. The molecule has 218 valence electrons. The maximum Gasteiger partial charge on any atom is 0.333 e. The molecule has 0 spiro atoms. The van der Waals surface area contributed by atoms with Gasteiger partial charge in [-0.05, 0) is 49.1 Å². The molecule has 0 radical (unpaired) electrons. The summed E-state index contributed by atoms with van der Waals surface area (Å²) in [6.45, 7) is 13.8. The average Bonchev–Trinajstić information content (AvgIpc) is 3.70. The first-order valence-electron chi connectivity index (χ1n) is 14.1. The fourth-order valence-electron chi connectivity index (χ4n) is 7.51. The summed E-state index contributed by atoms with van der Waals surface area (Å²) < 4.78 is 42.4. The Balaban J connectivity index is 1.69. The topological polar surface area (TPSA) is 120 Å². The van der Waals surface area contributed by atoms with Crippen LogP contribution in [-0.4, -0.2) is 56.8 Å². The molecule has 1 aliphatic heterocycles. The maximum absolute atomic E-state index is 13.6. The van der Waals surface area contributed by atoms with E-state index in [2.05, 4.69) is 20.8 Å². The zero-order valence-electron chi connectivity index (χ0n) is 24.2. The predicted octanol–water partition coefficient (Wildman–Crippen LogP) is 4.46. The van der Waals surface area contributed by atoms with Gasteiger partial charge in [0, 0.05) is 23.2 Å². The van der Waals surface area contributed by atoms with Crippen LogP contribution in [0.2, 0.25) is 0 Å². The van der Waals surface area contributed by atoms with Crippen LogP contribution in [0.1, 0.15) is 72.8 Å². The largest absolute Gasteiger partial charge is 0.460 e. The van der Waals surface area contributed by atoms with Crippen molar-refractivity contribution in [3.8, 4) is 0 Å². The highest BCUT2D eigenvalue weighted by molar-refractivity contribution is 7.86. The van der Waals surface area contributed by atoms with E-state index in [1.807, 2.05) is 27.7 Å². The van der Waals surface area contributed by atoms with Crippen molar-refractivity contribution in [3.63, 3.8) is 0 Å². The molecule has 2 aliphatic carbocycles. The molecule has 4 rings (SSSR count). The second-order valence-corrected chi connectivity index (χ2v) is 14.5. The van der Waals surface area contributed by atoms with Crippen LogP contribution in [0.3, 0.4) is 0 Å². The van der Waals surface area contributed by atoms with Gasteiger partial charge >= 0.3 is 5.97 Å². The van der Waals surface area contributed by atoms with Gasteiger partial charge in [0.2, 0.25) is 0 Å². The van der Waals surface area contributed by atoms with Gasteiger partial charge in [0.1, 0.15) is 11.9 Å². The summed E-state index contributed by atoms with van der Waals surface area (Å²) in [6.07, 6.45) is 0.405. The van der Waals surface area contributed by atoms with E-state index in [0.717, 1.165) is 12.0 Å². The molecule has 1 aromatic carbocycles. The van der Waals surface area contributed by atoms with E-state index in [-0.39, 0.29) is 28.6 Å². The molecule has 3 fully saturated rings. The summed E-state index contributed by atoms with van der Waals surface area (Å²) in [7, 11) is -4.17. The Labute approximate surface area is 232 Å². The number of fused-ring (bicyclic) bond motifs is 1. The van der Waals surface area contributed by atoms with E-state index in [1.165, 1.54) is 12.1 Å². The molecule has 2 saturated carbocycles. The fraction of sp³-hybridized carbons (Fsp3) is 0.733. The number of carbonyl (C=O) groups is 2. The van der Waals surface area contributed by atoms with Crippen LogP contribution >= 0.6 is 0 Å². The Bertz CT molecular complexity index is 1190. The number of aryl methyl sites for hydroxylation is 1. The van der Waals surface area contributed by atoms with Crippen LogP contribution in [0.5, 0.6) is 0 Å². The number of rotatable bonds is 8. The smallest absolute Gasteiger partial charge is 0.333 e. The van der Waals surface area contributed by atoms with Gasteiger partial charge < -0.3 is 14.6 Å². The van der Waals surface area contributed by atoms with Crippen molar-refractivity contribution in [2.45, 2.75) is 97.4 Å². The van der Waals surface area contributed by atoms with Gasteiger partial charge in [-0.3, -0.25) is 8.98 Å². The van der Waals surface area contributed by atoms with Crippen molar-refractivity contribution in [1.82, 2.24) is 0 Å². The summed E-state index contributed by atoms with van der Waals surface area (Å²) in [5.41, 5.74) is -1.06. The summed E-state index contributed by atoms with van der Waals surface area (Å²) in [6, 6.07) is 6.18. The normalized spacial score (nSPS) is 39.4. The second kappa shape index (κ2) is 10.5. The minimum atomic E-state index is -4.17. The Morgan fingerprint density at radius 3 is 2.36 bits per heavy atom. The molecule has 1 unspecified atom stereocenters. The van der Waals surface area contributed by atoms with Crippen molar-refractivity contribution in [3.05, 3.63) is 29.8 Å². The lowest BCUT2D eigenvalue weighted by Crippen LogP contribution is -2.61. The third kappa shape index (κ3) is 5.20. The van der Waals surface area contributed by atoms with Crippen molar-refractivity contribution in [1.29, 1.82) is 0 Å². The number of carbonyl (C=O) groups excluding carboxylic acids is 2. The zero-order valence-corrected chi connectivity index (χ0v) is 25.0. The average molecular weight is 565 g/mol. The van der Waals surface area contributed by atoms with Gasteiger partial charge in [-0.2, -0.15) is 8.42 Å². The van der Waals surface area contributed by atoms with Gasteiger partial charge in [0.25, 0.3) is 10.1 Å². The number of aliphatic hydroxyl groups is 1. The number of aliphatic hydroxyl groups excluding tert-OH is 1. The highest BCUT2D eigenvalue weighted by Crippen LogP contribution is 2.64. The molecule has 39 heavy (non-hydrogen) atoms. The third-order valence-corrected chi connectivity index (χ3v) is 12.0. The second-order valence-electron chi connectivity index (χ2n) is 12.9. The van der Waals surface area contributed by atoms with E-state index in [4.69, 9.17) is 13.7 Å². The molecule has 0 amide bonds. The van der Waals surface area contributed by atoms with E-state index in [1.54, 1.807) is 12.1 Å². The monoisotopic (exact) mass is 564 g/mol. The Hall–Kier alpha value is -1.81. The van der Waals surface area contributed by atoms with Gasteiger partial charge in [-0.25, -0.2) is 4.79 Å². The van der Waals surface area contributed by atoms with E-state index in [9.17, 15) is 23.1 Å². The number of hydrogen-bond acceptors (Lipinski definition) is 8. The predicted molar refractivity (Wildman–Crippen MR) is 145 cm³/mol. The lowest BCUT2D eigenvalue weighted by molar-refractivity contribution is -0.198. The van der Waals surface area contributed by atoms with Crippen LogP contribution in [0.25, 0.3) is 0 Å². The van der Waals surface area contributed by atoms with Crippen molar-refractivity contribution in [2.24, 2.45) is 34.0 Å². The number of hydrogen-bond donors (Lipinski definition) is 1. The first kappa shape index (κ1) is 30.2. The molecule has 9 heteroatoms. The molecule has 8 nitrogen and oxygen atoms in total. The van der Waals surface area contributed by atoms with Crippen molar-refractivity contribution < 1.29 is 36.8 Å². The summed E-state index contributed by atoms with van der Waals surface area (Å²) in [4.78, 5) is 26.8. The Kier molecular flexibility index (Phi) is 8.15. The summed E-state index contributed by atoms with van der Waals surface area (Å²) in [5, 5.41) is 11.7. The molecular formula is C30H44O8S. The lowest BCUT2D eigenvalue weighted by Gasteiger charge is -2.57. The number of benzene rings is 1. The van der Waals surface area contributed by atoms with E-state index >= 15 is 0 Å². The third-order valence-electron chi connectivity index (χ3n) is 10.7. The van der Waals surface area contributed by atoms with Gasteiger partial charge in [0.05, 0.1) is 23.7 Å². The highest BCUT2D eigenvalue weighted by Gasteiger charge is 2.66. The SMILES string of the molecule is CC[C@@H](C)[C@]1(C)C2C(=O)CC[C@@]2(C)[C@@H](C)[C@H](O)[C@@](C)([C@H]2CO2)C[C@H]1OC(=O)COS(=O)(=O)c1ccc(C)cc1. The molecule has 3 aliphatic rings. The fourth-order valence-corrected chi connectivity index (χ4v) is 8.36. The van der Waals surface area contributed by atoms with Crippen molar-refractivity contribution >= 4 is 21.9 Å². The van der Waals surface area contributed by atoms with Crippen LogP contribution in [0.4, 0.5) is 0 Å². The Morgan fingerprint density at radius 1 is 1.18 bits per heavy atom. The first-order chi connectivity index (χ1) is 18.1. The van der Waals surface area contributed by atoms with Crippen molar-refractivity contribution in [2.75, 3.05) is 13.2 Å². The van der Waals surface area contributed by atoms with Crippen LogP contribution < -0.4 is 0 Å². The zero-order chi connectivity index (χ0) is 29.0. The van der Waals surface area contributed by atoms with E-state index < -0.39 is 57.1 Å². The maximum atomic E-state index is 13.6. The highest BCUT2D eigenvalue weighted by atomic mass is 32.2. The number of esters is 1. The minimum Gasteiger partial charge on any atom is -0.460 e. The van der Waals surface area contributed by atoms with E-state index in [0.29, 0.717) is 25.9 Å².